The molecule has 3 rings (SSSR count). The van der Waals surface area contributed by atoms with E-state index >= 15 is 0 Å². The number of rotatable bonds is 1. The molecule has 0 aromatic heterocycles. The molecule has 3 heteroatoms. The standard InChI is InChI=1S/C14H18N2O/c17-14-15-9-4-10-16(14)13-8-3-6-11-5-1-2-7-12(11)13/h3,6,8H,1-2,4-5,7,9-10H2,(H,15,17). The van der Waals surface area contributed by atoms with Gasteiger partial charge in [0.1, 0.15) is 0 Å². The topological polar surface area (TPSA) is 32.3 Å². The summed E-state index contributed by atoms with van der Waals surface area (Å²) in [5.74, 6) is 0. The lowest BCUT2D eigenvalue weighted by molar-refractivity contribution is 0.243. The van der Waals surface area contributed by atoms with Crippen LogP contribution in [-0.4, -0.2) is 19.1 Å². The number of fused-ring (bicyclic) bond motifs is 1. The summed E-state index contributed by atoms with van der Waals surface area (Å²) in [6.07, 6.45) is 5.85. The van der Waals surface area contributed by atoms with Gasteiger partial charge in [0, 0.05) is 18.8 Å². The fourth-order valence-electron chi connectivity index (χ4n) is 2.87. The Morgan fingerprint density at radius 1 is 1.12 bits per heavy atom. The van der Waals surface area contributed by atoms with Crippen molar-refractivity contribution in [2.75, 3.05) is 18.0 Å². The minimum absolute atomic E-state index is 0.0650. The van der Waals surface area contributed by atoms with Crippen molar-refractivity contribution in [3.63, 3.8) is 0 Å². The quantitative estimate of drug-likeness (QED) is 0.789. The van der Waals surface area contributed by atoms with Crippen molar-refractivity contribution in [2.24, 2.45) is 0 Å². The average Bonchev–Trinajstić information content (AvgIpc) is 2.39. The van der Waals surface area contributed by atoms with E-state index < -0.39 is 0 Å². The third-order valence-corrected chi connectivity index (χ3v) is 3.74. The molecule has 1 aromatic carbocycles. The molecule has 1 aliphatic carbocycles. The van der Waals surface area contributed by atoms with Gasteiger partial charge in [-0.15, -0.1) is 0 Å². The van der Waals surface area contributed by atoms with Crippen LogP contribution in [0.3, 0.4) is 0 Å². The van der Waals surface area contributed by atoms with Gasteiger partial charge in [-0.1, -0.05) is 12.1 Å². The van der Waals surface area contributed by atoms with E-state index in [9.17, 15) is 4.79 Å². The number of anilines is 1. The van der Waals surface area contributed by atoms with Gasteiger partial charge < -0.3 is 5.32 Å². The first-order chi connectivity index (χ1) is 8.36. The molecule has 0 saturated carbocycles. The number of nitrogens with zero attached hydrogens (tertiary/aromatic N) is 1. The fourth-order valence-corrected chi connectivity index (χ4v) is 2.87. The van der Waals surface area contributed by atoms with Crippen LogP contribution >= 0.6 is 0 Å². The van der Waals surface area contributed by atoms with Crippen molar-refractivity contribution in [1.29, 1.82) is 0 Å². The Morgan fingerprint density at radius 3 is 2.88 bits per heavy atom. The number of carbonyl (C=O) groups excluding carboxylic acids is 1. The summed E-state index contributed by atoms with van der Waals surface area (Å²) in [4.78, 5) is 13.8. The summed E-state index contributed by atoms with van der Waals surface area (Å²) in [5, 5.41) is 2.92. The zero-order chi connectivity index (χ0) is 11.7. The number of carbonyl (C=O) groups is 1. The van der Waals surface area contributed by atoms with Gasteiger partial charge in [0.2, 0.25) is 0 Å². The Hall–Kier alpha value is -1.51. The highest BCUT2D eigenvalue weighted by molar-refractivity contribution is 5.93. The molecule has 1 aromatic rings. The van der Waals surface area contributed by atoms with Crippen LogP contribution in [0.1, 0.15) is 30.4 Å². The summed E-state index contributed by atoms with van der Waals surface area (Å²) in [5.41, 5.74) is 3.97. The maximum absolute atomic E-state index is 11.9. The Balaban J connectivity index is 1.99. The zero-order valence-corrected chi connectivity index (χ0v) is 10.0. The van der Waals surface area contributed by atoms with Gasteiger partial charge in [-0.25, -0.2) is 4.79 Å². The average molecular weight is 230 g/mol. The molecule has 0 bridgehead atoms. The predicted molar refractivity (Wildman–Crippen MR) is 68.4 cm³/mol. The number of amides is 2. The SMILES string of the molecule is O=C1NCCCN1c1cccc2c1CCCC2. The molecule has 2 amide bonds. The molecule has 0 atom stereocenters. The van der Waals surface area contributed by atoms with Gasteiger partial charge in [0.05, 0.1) is 0 Å². The molecule has 0 radical (unpaired) electrons. The highest BCUT2D eigenvalue weighted by atomic mass is 16.2. The van der Waals surface area contributed by atoms with Gasteiger partial charge in [-0.3, -0.25) is 4.90 Å². The normalized spacial score (nSPS) is 19.8. The van der Waals surface area contributed by atoms with Crippen molar-refractivity contribution in [3.05, 3.63) is 29.3 Å². The largest absolute Gasteiger partial charge is 0.338 e. The molecule has 2 aliphatic rings. The van der Waals surface area contributed by atoms with Gasteiger partial charge in [0.15, 0.2) is 0 Å². The van der Waals surface area contributed by atoms with Crippen LogP contribution < -0.4 is 10.2 Å². The second-order valence-electron chi connectivity index (χ2n) is 4.86. The second-order valence-corrected chi connectivity index (χ2v) is 4.86. The van der Waals surface area contributed by atoms with Crippen LogP contribution in [0.15, 0.2) is 18.2 Å². The summed E-state index contributed by atoms with van der Waals surface area (Å²) < 4.78 is 0. The molecule has 90 valence electrons. The van der Waals surface area contributed by atoms with E-state index in [1.807, 2.05) is 4.90 Å². The van der Waals surface area contributed by atoms with E-state index in [-0.39, 0.29) is 6.03 Å². The summed E-state index contributed by atoms with van der Waals surface area (Å²) in [6, 6.07) is 6.45. The maximum Gasteiger partial charge on any atom is 0.321 e. The molecule has 17 heavy (non-hydrogen) atoms. The Labute approximate surface area is 102 Å². The Bertz CT molecular complexity index is 442. The lowest BCUT2D eigenvalue weighted by Gasteiger charge is -2.31. The second kappa shape index (κ2) is 4.40. The molecule has 0 spiro atoms. The van der Waals surface area contributed by atoms with Crippen LogP contribution in [0.25, 0.3) is 0 Å². The van der Waals surface area contributed by atoms with Gasteiger partial charge in [0.25, 0.3) is 0 Å². The summed E-state index contributed by atoms with van der Waals surface area (Å²) >= 11 is 0. The van der Waals surface area contributed by atoms with Crippen molar-refractivity contribution in [2.45, 2.75) is 32.1 Å². The number of urea groups is 1. The third kappa shape index (κ3) is 1.90. The first-order valence-electron chi connectivity index (χ1n) is 6.52. The minimum Gasteiger partial charge on any atom is -0.338 e. The van der Waals surface area contributed by atoms with E-state index in [2.05, 4.69) is 23.5 Å². The monoisotopic (exact) mass is 230 g/mol. The molecule has 1 heterocycles. The maximum atomic E-state index is 11.9. The van der Waals surface area contributed by atoms with Crippen LogP contribution in [0.5, 0.6) is 0 Å². The first-order valence-corrected chi connectivity index (χ1v) is 6.52. The highest BCUT2D eigenvalue weighted by Crippen LogP contribution is 2.31. The smallest absolute Gasteiger partial charge is 0.321 e. The third-order valence-electron chi connectivity index (χ3n) is 3.74. The van der Waals surface area contributed by atoms with Crippen LogP contribution in [0, 0.1) is 0 Å². The number of hydrogen-bond acceptors (Lipinski definition) is 1. The van der Waals surface area contributed by atoms with Crippen molar-refractivity contribution in [3.8, 4) is 0 Å². The van der Waals surface area contributed by atoms with E-state index in [1.54, 1.807) is 0 Å². The van der Waals surface area contributed by atoms with E-state index in [4.69, 9.17) is 0 Å². The molecule has 1 fully saturated rings. The number of benzene rings is 1. The molecular weight excluding hydrogens is 212 g/mol. The van der Waals surface area contributed by atoms with E-state index in [0.29, 0.717) is 0 Å². The lowest BCUT2D eigenvalue weighted by atomic mass is 9.90. The Morgan fingerprint density at radius 2 is 2.00 bits per heavy atom. The van der Waals surface area contributed by atoms with Crippen LogP contribution in [-0.2, 0) is 12.8 Å². The van der Waals surface area contributed by atoms with Gasteiger partial charge in [-0.2, -0.15) is 0 Å². The molecular formula is C14H18N2O. The summed E-state index contributed by atoms with van der Waals surface area (Å²) in [7, 11) is 0. The molecule has 1 N–H and O–H groups in total. The van der Waals surface area contributed by atoms with Gasteiger partial charge >= 0.3 is 6.03 Å². The first kappa shape index (κ1) is 10.6. The van der Waals surface area contributed by atoms with E-state index in [0.717, 1.165) is 31.6 Å². The van der Waals surface area contributed by atoms with E-state index in [1.165, 1.54) is 30.4 Å². The summed E-state index contributed by atoms with van der Waals surface area (Å²) in [6.45, 7) is 1.66. The Kier molecular flexibility index (Phi) is 2.75. The van der Waals surface area contributed by atoms with Crippen LogP contribution in [0.2, 0.25) is 0 Å². The van der Waals surface area contributed by atoms with Crippen molar-refractivity contribution in [1.82, 2.24) is 5.32 Å². The zero-order valence-electron chi connectivity index (χ0n) is 10.0. The number of nitrogens with one attached hydrogen (secondary N) is 1. The van der Waals surface area contributed by atoms with Crippen LogP contribution in [0.4, 0.5) is 10.5 Å². The fraction of sp³-hybridized carbons (Fsp3) is 0.500. The highest BCUT2D eigenvalue weighted by Gasteiger charge is 2.23. The molecule has 0 unspecified atom stereocenters. The van der Waals surface area contributed by atoms with Crippen molar-refractivity contribution >= 4 is 11.7 Å². The minimum atomic E-state index is 0.0650. The van der Waals surface area contributed by atoms with Crippen molar-refractivity contribution < 1.29 is 4.79 Å². The molecule has 1 aliphatic heterocycles. The molecule has 1 saturated heterocycles. The number of hydrogen-bond donors (Lipinski definition) is 1. The molecule has 3 nitrogen and oxygen atoms in total. The van der Waals surface area contributed by atoms with Gasteiger partial charge in [-0.05, 0) is 49.3 Å². The number of aryl methyl sites for hydroxylation is 1. The lowest BCUT2D eigenvalue weighted by Crippen LogP contribution is -2.47. The predicted octanol–water partition coefficient (Wildman–Crippen LogP) is 2.49.